The molecule has 2 heterocycles. The van der Waals surface area contributed by atoms with E-state index in [2.05, 4.69) is 4.90 Å². The number of rotatable bonds is 6. The average molecular weight is 473 g/mol. The third kappa shape index (κ3) is 6.06. The van der Waals surface area contributed by atoms with Gasteiger partial charge in [-0.05, 0) is 46.8 Å². The maximum absolute atomic E-state index is 12.7. The average Bonchev–Trinajstić information content (AvgIpc) is 2.73. The Balaban J connectivity index is 1.79. The standard InChI is InChI=1S/C24H32N4O6/c1-17-15-26(16-18(2)27(17)23(30)34-24(3,4)5)20-10-9-19(28(31)32)14-21(20)33-13-12-25-11-7-6-8-22(25)29/h6-11,14,17-18H,12-13,15-16H2,1-5H3/t17-,18+. The summed E-state index contributed by atoms with van der Waals surface area (Å²) in [6.07, 6.45) is 1.31. The van der Waals surface area contributed by atoms with E-state index in [1.807, 2.05) is 34.6 Å². The zero-order chi connectivity index (χ0) is 25.0. The van der Waals surface area contributed by atoms with Gasteiger partial charge in [0, 0.05) is 31.4 Å². The van der Waals surface area contributed by atoms with Gasteiger partial charge in [0.25, 0.3) is 11.2 Å². The summed E-state index contributed by atoms with van der Waals surface area (Å²) in [5.41, 5.74) is -0.114. The SMILES string of the molecule is C[C@@H]1CN(c2ccc([N+](=O)[O-])cc2OCCn2ccccc2=O)C[C@H](C)N1C(=O)OC(C)(C)C. The molecule has 0 unspecified atom stereocenters. The Hall–Kier alpha value is -3.56. The number of hydrogen-bond donors (Lipinski definition) is 0. The van der Waals surface area contributed by atoms with Crippen molar-refractivity contribution in [1.29, 1.82) is 0 Å². The van der Waals surface area contributed by atoms with Gasteiger partial charge in [-0.2, -0.15) is 0 Å². The molecule has 1 saturated heterocycles. The molecule has 2 aromatic rings. The maximum atomic E-state index is 12.7. The van der Waals surface area contributed by atoms with Crippen LogP contribution in [0, 0.1) is 10.1 Å². The third-order valence-corrected chi connectivity index (χ3v) is 5.51. The van der Waals surface area contributed by atoms with Gasteiger partial charge in [-0.3, -0.25) is 19.8 Å². The maximum Gasteiger partial charge on any atom is 0.410 e. The van der Waals surface area contributed by atoms with Crippen molar-refractivity contribution in [3.8, 4) is 5.75 Å². The zero-order valence-electron chi connectivity index (χ0n) is 20.3. The van der Waals surface area contributed by atoms with Crippen LogP contribution in [0.4, 0.5) is 16.2 Å². The molecule has 1 aliphatic heterocycles. The number of carbonyl (C=O) groups excluding carboxylic acids is 1. The first-order chi connectivity index (χ1) is 16.0. The van der Waals surface area contributed by atoms with Crippen LogP contribution >= 0.6 is 0 Å². The Bertz CT molecular complexity index is 1080. The molecule has 0 radical (unpaired) electrons. The van der Waals surface area contributed by atoms with Crippen LogP contribution in [0.5, 0.6) is 5.75 Å². The van der Waals surface area contributed by atoms with Crippen LogP contribution in [0.1, 0.15) is 34.6 Å². The smallest absolute Gasteiger partial charge is 0.410 e. The summed E-state index contributed by atoms with van der Waals surface area (Å²) < 4.78 is 13.0. The molecule has 3 rings (SSSR count). The van der Waals surface area contributed by atoms with E-state index in [0.29, 0.717) is 31.1 Å². The van der Waals surface area contributed by atoms with Crippen LogP contribution in [0.25, 0.3) is 0 Å². The lowest BCUT2D eigenvalue weighted by Gasteiger charge is -2.45. The monoisotopic (exact) mass is 472 g/mol. The number of carbonyl (C=O) groups is 1. The molecule has 10 nitrogen and oxygen atoms in total. The van der Waals surface area contributed by atoms with Gasteiger partial charge < -0.3 is 18.9 Å². The van der Waals surface area contributed by atoms with Gasteiger partial charge in [0.2, 0.25) is 0 Å². The highest BCUT2D eigenvalue weighted by atomic mass is 16.6. The molecule has 1 amide bonds. The second-order valence-corrected chi connectivity index (χ2v) is 9.48. The number of non-ortho nitro benzene ring substituents is 1. The molecule has 34 heavy (non-hydrogen) atoms. The molecule has 0 aliphatic carbocycles. The molecule has 184 valence electrons. The number of amides is 1. The minimum Gasteiger partial charge on any atom is -0.489 e. The fraction of sp³-hybridized carbons (Fsp3) is 0.500. The quantitative estimate of drug-likeness (QED) is 0.466. The van der Waals surface area contributed by atoms with Crippen LogP contribution in [0.15, 0.2) is 47.4 Å². The van der Waals surface area contributed by atoms with Crippen molar-refractivity contribution < 1.29 is 19.2 Å². The fourth-order valence-corrected chi connectivity index (χ4v) is 4.09. The lowest BCUT2D eigenvalue weighted by molar-refractivity contribution is -0.384. The molecule has 0 N–H and O–H groups in total. The van der Waals surface area contributed by atoms with Crippen LogP contribution in [-0.2, 0) is 11.3 Å². The molecule has 10 heteroatoms. The van der Waals surface area contributed by atoms with E-state index in [-0.39, 0.29) is 36.0 Å². The molecule has 1 aliphatic rings. The van der Waals surface area contributed by atoms with Crippen LogP contribution in [-0.4, -0.2) is 57.9 Å². The summed E-state index contributed by atoms with van der Waals surface area (Å²) >= 11 is 0. The Morgan fingerprint density at radius 3 is 2.41 bits per heavy atom. The van der Waals surface area contributed by atoms with E-state index in [1.54, 1.807) is 29.3 Å². The minimum absolute atomic E-state index is 0.0795. The van der Waals surface area contributed by atoms with Crippen LogP contribution < -0.4 is 15.2 Å². The third-order valence-electron chi connectivity index (χ3n) is 5.51. The molecule has 2 atom stereocenters. The number of nitro benzene ring substituents is 1. The second kappa shape index (κ2) is 10.1. The number of nitrogens with zero attached hydrogens (tertiary/aromatic N) is 4. The predicted octanol–water partition coefficient (Wildman–Crippen LogP) is 3.67. The van der Waals surface area contributed by atoms with Gasteiger partial charge in [-0.1, -0.05) is 6.07 Å². The summed E-state index contributed by atoms with van der Waals surface area (Å²) in [4.78, 5) is 39.3. The van der Waals surface area contributed by atoms with Crippen molar-refractivity contribution in [3.63, 3.8) is 0 Å². The Kier molecular flexibility index (Phi) is 7.48. The summed E-state index contributed by atoms with van der Waals surface area (Å²) in [5, 5.41) is 11.3. The van der Waals surface area contributed by atoms with Gasteiger partial charge >= 0.3 is 6.09 Å². The number of ether oxygens (including phenoxy) is 2. The number of piperazine rings is 1. The van der Waals surface area contributed by atoms with Crippen LogP contribution in [0.3, 0.4) is 0 Å². The largest absolute Gasteiger partial charge is 0.489 e. The lowest BCUT2D eigenvalue weighted by Crippen LogP contribution is -2.59. The highest BCUT2D eigenvalue weighted by molar-refractivity contribution is 5.70. The number of pyridine rings is 1. The van der Waals surface area contributed by atoms with Crippen molar-refractivity contribution in [2.24, 2.45) is 0 Å². The van der Waals surface area contributed by atoms with Crippen molar-refractivity contribution in [2.75, 3.05) is 24.6 Å². The van der Waals surface area contributed by atoms with Crippen molar-refractivity contribution in [1.82, 2.24) is 9.47 Å². The lowest BCUT2D eigenvalue weighted by atomic mass is 10.1. The Morgan fingerprint density at radius 2 is 1.82 bits per heavy atom. The molecule has 1 aromatic heterocycles. The number of aromatic nitrogens is 1. The Morgan fingerprint density at radius 1 is 1.15 bits per heavy atom. The van der Waals surface area contributed by atoms with E-state index < -0.39 is 10.5 Å². The highest BCUT2D eigenvalue weighted by Crippen LogP contribution is 2.35. The number of benzene rings is 1. The molecule has 0 saturated carbocycles. The van der Waals surface area contributed by atoms with E-state index in [9.17, 15) is 19.7 Å². The summed E-state index contributed by atoms with van der Waals surface area (Å²) in [6, 6.07) is 9.10. The molecule has 1 aromatic carbocycles. The van der Waals surface area contributed by atoms with E-state index in [0.717, 1.165) is 0 Å². The van der Waals surface area contributed by atoms with Gasteiger partial charge in [-0.15, -0.1) is 0 Å². The summed E-state index contributed by atoms with van der Waals surface area (Å²) in [7, 11) is 0. The summed E-state index contributed by atoms with van der Waals surface area (Å²) in [6.45, 7) is 10.9. The summed E-state index contributed by atoms with van der Waals surface area (Å²) in [5.74, 6) is 0.364. The van der Waals surface area contributed by atoms with E-state index >= 15 is 0 Å². The molecule has 1 fully saturated rings. The van der Waals surface area contributed by atoms with E-state index in [1.165, 1.54) is 22.8 Å². The van der Waals surface area contributed by atoms with Crippen LogP contribution in [0.2, 0.25) is 0 Å². The zero-order valence-corrected chi connectivity index (χ0v) is 20.3. The predicted molar refractivity (Wildman–Crippen MR) is 129 cm³/mol. The topological polar surface area (TPSA) is 107 Å². The van der Waals surface area contributed by atoms with Crippen molar-refractivity contribution in [2.45, 2.75) is 58.8 Å². The van der Waals surface area contributed by atoms with Gasteiger partial charge in [0.05, 0.1) is 35.3 Å². The fourth-order valence-electron chi connectivity index (χ4n) is 4.09. The molecule has 0 bridgehead atoms. The van der Waals surface area contributed by atoms with E-state index in [4.69, 9.17) is 9.47 Å². The molecule has 0 spiro atoms. The first kappa shape index (κ1) is 25.1. The molecular weight excluding hydrogens is 440 g/mol. The van der Waals surface area contributed by atoms with Gasteiger partial charge in [-0.25, -0.2) is 4.79 Å². The van der Waals surface area contributed by atoms with Gasteiger partial charge in [0.15, 0.2) is 0 Å². The normalized spacial score (nSPS) is 18.5. The van der Waals surface area contributed by atoms with Gasteiger partial charge in [0.1, 0.15) is 18.0 Å². The number of nitro groups is 1. The number of hydrogen-bond acceptors (Lipinski definition) is 7. The Labute approximate surface area is 198 Å². The second-order valence-electron chi connectivity index (χ2n) is 9.48. The highest BCUT2D eigenvalue weighted by Gasteiger charge is 2.36. The first-order valence-corrected chi connectivity index (χ1v) is 11.3. The first-order valence-electron chi connectivity index (χ1n) is 11.3. The van der Waals surface area contributed by atoms with Crippen molar-refractivity contribution in [3.05, 3.63) is 63.1 Å². The molecular formula is C24H32N4O6. The van der Waals surface area contributed by atoms with Crippen molar-refractivity contribution >= 4 is 17.5 Å². The number of anilines is 1. The minimum atomic E-state index is -0.590.